The van der Waals surface area contributed by atoms with E-state index in [1.807, 2.05) is 12.1 Å². The van der Waals surface area contributed by atoms with Gasteiger partial charge in [-0.25, -0.2) is 0 Å². The number of rotatable bonds is 3. The van der Waals surface area contributed by atoms with Crippen molar-refractivity contribution in [2.75, 3.05) is 31.2 Å². The third-order valence-corrected chi connectivity index (χ3v) is 5.46. The molecule has 2 aromatic carbocycles. The number of fused-ring (bicyclic) bond motifs is 1. The topological polar surface area (TPSA) is 55.6 Å². The largest absolute Gasteiger partial charge is 0.378 e. The number of halogens is 1. The van der Waals surface area contributed by atoms with Gasteiger partial charge in [-0.3, -0.25) is 4.79 Å². The number of carbonyl (C=O) groups excluding carboxylic acids is 1. The Kier molecular flexibility index (Phi) is 5.99. The standard InChI is InChI=1S/C21H24N2O2.BrH/c22-21(24)19-8-7-18(23-9-11-25-12-10-23)14-20(19)17-6-5-15-3-1-2-4-16(15)13-17;/h1-4,7-8,14,17H,5-6,9-13H2,(H2,22,24);1H. The van der Waals surface area contributed by atoms with E-state index in [0.29, 0.717) is 11.5 Å². The van der Waals surface area contributed by atoms with Crippen molar-refractivity contribution >= 4 is 28.6 Å². The Morgan fingerprint density at radius 1 is 1.08 bits per heavy atom. The SMILES string of the molecule is Br.NC(=O)c1ccc(N2CCOCC2)cc1C1CCc2ccccc2C1. The summed E-state index contributed by atoms with van der Waals surface area (Å²) in [5.41, 5.74) is 11.4. The average molecular weight is 417 g/mol. The second kappa shape index (κ2) is 8.23. The quantitative estimate of drug-likeness (QED) is 0.832. The predicted octanol–water partition coefficient (Wildman–Crippen LogP) is 3.47. The van der Waals surface area contributed by atoms with E-state index in [-0.39, 0.29) is 22.9 Å². The van der Waals surface area contributed by atoms with Crippen LogP contribution in [0.5, 0.6) is 0 Å². The van der Waals surface area contributed by atoms with Crippen molar-refractivity contribution in [3.63, 3.8) is 0 Å². The average Bonchev–Trinajstić information content (AvgIpc) is 2.67. The lowest BCUT2D eigenvalue weighted by Gasteiger charge is -2.31. The molecule has 138 valence electrons. The highest BCUT2D eigenvalue weighted by Gasteiger charge is 2.24. The van der Waals surface area contributed by atoms with E-state index in [1.165, 1.54) is 16.8 Å². The normalized spacial score (nSPS) is 19.4. The zero-order valence-corrected chi connectivity index (χ0v) is 16.5. The number of hydrogen-bond donors (Lipinski definition) is 1. The molecule has 1 heterocycles. The summed E-state index contributed by atoms with van der Waals surface area (Å²) in [7, 11) is 0. The molecule has 1 amide bonds. The molecule has 0 radical (unpaired) electrons. The molecule has 2 aromatic rings. The van der Waals surface area contributed by atoms with Gasteiger partial charge in [0.15, 0.2) is 0 Å². The molecule has 4 nitrogen and oxygen atoms in total. The van der Waals surface area contributed by atoms with Gasteiger partial charge < -0.3 is 15.4 Å². The maximum atomic E-state index is 12.0. The monoisotopic (exact) mass is 416 g/mol. The van der Waals surface area contributed by atoms with Gasteiger partial charge in [0, 0.05) is 24.3 Å². The van der Waals surface area contributed by atoms with Crippen LogP contribution in [0.15, 0.2) is 42.5 Å². The molecule has 2 N–H and O–H groups in total. The Bertz CT molecular complexity index is 787. The van der Waals surface area contributed by atoms with Gasteiger partial charge >= 0.3 is 0 Å². The zero-order valence-electron chi connectivity index (χ0n) is 14.8. The van der Waals surface area contributed by atoms with Gasteiger partial charge in [0.05, 0.1) is 13.2 Å². The molecule has 2 aliphatic rings. The maximum absolute atomic E-state index is 12.0. The van der Waals surface area contributed by atoms with Crippen molar-refractivity contribution in [2.45, 2.75) is 25.2 Å². The molecule has 1 atom stereocenters. The number of nitrogens with two attached hydrogens (primary N) is 1. The first-order chi connectivity index (χ1) is 12.2. The van der Waals surface area contributed by atoms with Crippen LogP contribution in [0.4, 0.5) is 5.69 Å². The van der Waals surface area contributed by atoms with Crippen LogP contribution in [-0.2, 0) is 17.6 Å². The second-order valence-corrected chi connectivity index (χ2v) is 6.94. The van der Waals surface area contributed by atoms with Crippen molar-refractivity contribution < 1.29 is 9.53 Å². The van der Waals surface area contributed by atoms with Gasteiger partial charge in [-0.15, -0.1) is 17.0 Å². The van der Waals surface area contributed by atoms with E-state index >= 15 is 0 Å². The Hall–Kier alpha value is -1.85. The summed E-state index contributed by atoms with van der Waals surface area (Å²) in [4.78, 5) is 14.3. The minimum atomic E-state index is -0.331. The van der Waals surface area contributed by atoms with Crippen molar-refractivity contribution in [2.24, 2.45) is 5.73 Å². The highest BCUT2D eigenvalue weighted by Crippen LogP contribution is 2.36. The highest BCUT2D eigenvalue weighted by atomic mass is 79.9. The molecular weight excluding hydrogens is 392 g/mol. The van der Waals surface area contributed by atoms with Gasteiger partial charge in [-0.05, 0) is 60.1 Å². The third kappa shape index (κ3) is 3.79. The molecule has 0 saturated carbocycles. The van der Waals surface area contributed by atoms with Crippen LogP contribution in [0, 0.1) is 0 Å². The highest BCUT2D eigenvalue weighted by molar-refractivity contribution is 8.93. The first-order valence-electron chi connectivity index (χ1n) is 9.05. The molecule has 5 heteroatoms. The summed E-state index contributed by atoms with van der Waals surface area (Å²) >= 11 is 0. The Labute approximate surface area is 165 Å². The summed E-state index contributed by atoms with van der Waals surface area (Å²) in [6.45, 7) is 3.29. The molecule has 26 heavy (non-hydrogen) atoms. The molecule has 1 aliphatic carbocycles. The fraction of sp³-hybridized carbons (Fsp3) is 0.381. The summed E-state index contributed by atoms with van der Waals surface area (Å²) in [6, 6.07) is 14.7. The number of benzene rings is 2. The molecule has 0 aromatic heterocycles. The number of carbonyl (C=O) groups is 1. The van der Waals surface area contributed by atoms with Gasteiger partial charge in [0.2, 0.25) is 5.91 Å². The Balaban J connectivity index is 0.00000196. The van der Waals surface area contributed by atoms with Crippen LogP contribution in [0.1, 0.15) is 39.4 Å². The van der Waals surface area contributed by atoms with E-state index < -0.39 is 0 Å². The van der Waals surface area contributed by atoms with Crippen LogP contribution in [0.25, 0.3) is 0 Å². The molecule has 4 rings (SSSR count). The Morgan fingerprint density at radius 3 is 2.54 bits per heavy atom. The molecule has 1 aliphatic heterocycles. The molecule has 1 unspecified atom stereocenters. The van der Waals surface area contributed by atoms with Gasteiger partial charge in [-0.1, -0.05) is 24.3 Å². The van der Waals surface area contributed by atoms with Gasteiger partial charge in [0.25, 0.3) is 0 Å². The van der Waals surface area contributed by atoms with Gasteiger partial charge in [0.1, 0.15) is 0 Å². The number of aryl methyl sites for hydroxylation is 1. The number of anilines is 1. The van der Waals surface area contributed by atoms with Gasteiger partial charge in [-0.2, -0.15) is 0 Å². The minimum absolute atomic E-state index is 0. The molecule has 0 spiro atoms. The maximum Gasteiger partial charge on any atom is 0.248 e. The van der Waals surface area contributed by atoms with Crippen molar-refractivity contribution in [3.8, 4) is 0 Å². The van der Waals surface area contributed by atoms with E-state index in [9.17, 15) is 4.79 Å². The fourth-order valence-corrected chi connectivity index (χ4v) is 4.09. The molecule has 1 saturated heterocycles. The van der Waals surface area contributed by atoms with E-state index in [4.69, 9.17) is 10.5 Å². The van der Waals surface area contributed by atoms with E-state index in [0.717, 1.165) is 51.1 Å². The minimum Gasteiger partial charge on any atom is -0.378 e. The summed E-state index contributed by atoms with van der Waals surface area (Å²) in [5, 5.41) is 0. The number of ether oxygens (including phenoxy) is 1. The number of hydrogen-bond acceptors (Lipinski definition) is 3. The van der Waals surface area contributed by atoms with Crippen LogP contribution in [-0.4, -0.2) is 32.2 Å². The van der Waals surface area contributed by atoms with Crippen LogP contribution in [0.3, 0.4) is 0 Å². The predicted molar refractivity (Wildman–Crippen MR) is 110 cm³/mol. The number of morpholine rings is 1. The van der Waals surface area contributed by atoms with Crippen LogP contribution in [0.2, 0.25) is 0 Å². The number of amides is 1. The molecule has 1 fully saturated rings. The van der Waals surface area contributed by atoms with Crippen molar-refractivity contribution in [1.82, 2.24) is 0 Å². The smallest absolute Gasteiger partial charge is 0.248 e. The fourth-order valence-electron chi connectivity index (χ4n) is 4.09. The third-order valence-electron chi connectivity index (χ3n) is 5.46. The molecule has 0 bridgehead atoms. The zero-order chi connectivity index (χ0) is 17.2. The first kappa shape index (κ1) is 18.9. The van der Waals surface area contributed by atoms with Crippen LogP contribution >= 0.6 is 17.0 Å². The molecular formula is C21H25BrN2O2. The van der Waals surface area contributed by atoms with Crippen LogP contribution < -0.4 is 10.6 Å². The van der Waals surface area contributed by atoms with Crippen molar-refractivity contribution in [1.29, 1.82) is 0 Å². The first-order valence-corrected chi connectivity index (χ1v) is 9.05. The summed E-state index contributed by atoms with van der Waals surface area (Å²) < 4.78 is 5.45. The lowest BCUT2D eigenvalue weighted by atomic mass is 9.78. The summed E-state index contributed by atoms with van der Waals surface area (Å²) in [5.74, 6) is 0.0146. The van der Waals surface area contributed by atoms with E-state index in [2.05, 4.69) is 35.2 Å². The number of primary amides is 1. The Morgan fingerprint density at radius 2 is 1.81 bits per heavy atom. The lowest BCUT2D eigenvalue weighted by Crippen LogP contribution is -2.36. The number of nitrogens with zero attached hydrogens (tertiary/aromatic N) is 1. The van der Waals surface area contributed by atoms with E-state index in [1.54, 1.807) is 0 Å². The van der Waals surface area contributed by atoms with Crippen molar-refractivity contribution in [3.05, 3.63) is 64.7 Å². The lowest BCUT2D eigenvalue weighted by molar-refractivity contribution is 0.0998. The second-order valence-electron chi connectivity index (χ2n) is 6.94. The summed E-state index contributed by atoms with van der Waals surface area (Å²) in [6.07, 6.45) is 3.09.